The lowest BCUT2D eigenvalue weighted by molar-refractivity contribution is -0.119. The van der Waals surface area contributed by atoms with Gasteiger partial charge in [0.1, 0.15) is 0 Å². The second kappa shape index (κ2) is 7.29. The molecule has 2 aliphatic carbocycles. The number of amides is 1. The van der Waals surface area contributed by atoms with Crippen LogP contribution in [0.25, 0.3) is 0 Å². The molecule has 4 unspecified atom stereocenters. The second-order valence-corrected chi connectivity index (χ2v) is 8.08. The van der Waals surface area contributed by atoms with Crippen molar-refractivity contribution in [2.24, 2.45) is 28.5 Å². The van der Waals surface area contributed by atoms with Gasteiger partial charge in [-0.05, 0) is 61.0 Å². The first-order valence-electron chi connectivity index (χ1n) is 10.1. The molecule has 1 aromatic rings. The summed E-state index contributed by atoms with van der Waals surface area (Å²) in [5, 5.41) is 3.45. The molecule has 0 bridgehead atoms. The average Bonchev–Trinajstić information content (AvgIpc) is 3.16. The molecule has 140 valence electrons. The van der Waals surface area contributed by atoms with Crippen molar-refractivity contribution in [3.8, 4) is 0 Å². The number of aliphatic imine (C=N–C) groups is 1. The number of carbonyl (C=O) groups excluding carboxylic acids is 1. The molecule has 0 aromatic heterocycles. The summed E-state index contributed by atoms with van der Waals surface area (Å²) in [5.74, 6) is 3.40. The molecule has 0 radical (unpaired) electrons. The van der Waals surface area contributed by atoms with Crippen LogP contribution in [0.5, 0.6) is 0 Å². The highest BCUT2D eigenvalue weighted by Crippen LogP contribution is 2.61. The van der Waals surface area contributed by atoms with Gasteiger partial charge in [0.25, 0.3) is 0 Å². The van der Waals surface area contributed by atoms with Gasteiger partial charge in [-0.15, -0.1) is 0 Å². The summed E-state index contributed by atoms with van der Waals surface area (Å²) in [6.07, 6.45) is 3.90. The summed E-state index contributed by atoms with van der Waals surface area (Å²) in [6, 6.07) is 8.89. The minimum Gasteiger partial charge on any atom is -0.370 e. The Balaban J connectivity index is 1.39. The first-order chi connectivity index (χ1) is 12.7. The third kappa shape index (κ3) is 3.44. The number of nitrogens with two attached hydrogens (primary N) is 1. The molecular formula is C21H30N4O. The molecule has 1 saturated carbocycles. The fourth-order valence-corrected chi connectivity index (χ4v) is 5.06. The summed E-state index contributed by atoms with van der Waals surface area (Å²) in [4.78, 5) is 18.6. The Morgan fingerprint density at radius 1 is 1.38 bits per heavy atom. The molecule has 26 heavy (non-hydrogen) atoms. The Bertz CT molecular complexity index is 701. The van der Waals surface area contributed by atoms with E-state index in [1.54, 1.807) is 11.1 Å². The van der Waals surface area contributed by atoms with E-state index >= 15 is 0 Å². The van der Waals surface area contributed by atoms with Gasteiger partial charge in [0.05, 0.1) is 0 Å². The van der Waals surface area contributed by atoms with Crippen molar-refractivity contribution in [3.63, 3.8) is 0 Å². The molecular weight excluding hydrogens is 324 g/mol. The average molecular weight is 354 g/mol. The van der Waals surface area contributed by atoms with E-state index in [4.69, 9.17) is 10.7 Å². The van der Waals surface area contributed by atoms with Crippen LogP contribution in [0.3, 0.4) is 0 Å². The number of rotatable bonds is 5. The number of fused-ring (bicyclic) bond motifs is 3. The first kappa shape index (κ1) is 17.4. The zero-order valence-corrected chi connectivity index (χ0v) is 15.7. The van der Waals surface area contributed by atoms with Crippen LogP contribution >= 0.6 is 0 Å². The van der Waals surface area contributed by atoms with Crippen molar-refractivity contribution in [2.45, 2.75) is 38.5 Å². The van der Waals surface area contributed by atoms with Crippen molar-refractivity contribution in [2.75, 3.05) is 26.2 Å². The van der Waals surface area contributed by atoms with E-state index in [1.807, 2.05) is 0 Å². The van der Waals surface area contributed by atoms with E-state index in [1.165, 1.54) is 6.42 Å². The van der Waals surface area contributed by atoms with Crippen LogP contribution in [-0.2, 0) is 11.2 Å². The highest BCUT2D eigenvalue weighted by Gasteiger charge is 2.55. The lowest BCUT2D eigenvalue weighted by Crippen LogP contribution is -2.47. The van der Waals surface area contributed by atoms with E-state index < -0.39 is 0 Å². The van der Waals surface area contributed by atoms with Crippen LogP contribution in [0, 0.1) is 17.8 Å². The SMILES string of the molecule is CCNC(=NCC1C2Cc3ccccc3C12)N1CCCC(CC(N)=O)C1. The van der Waals surface area contributed by atoms with Gasteiger partial charge in [-0.3, -0.25) is 9.79 Å². The van der Waals surface area contributed by atoms with Crippen LogP contribution in [0.2, 0.25) is 0 Å². The topological polar surface area (TPSA) is 70.7 Å². The molecule has 1 saturated heterocycles. The Morgan fingerprint density at radius 3 is 3.04 bits per heavy atom. The molecule has 1 amide bonds. The maximum Gasteiger partial charge on any atom is 0.217 e. The number of primary amides is 1. The van der Waals surface area contributed by atoms with E-state index in [0.717, 1.165) is 56.8 Å². The largest absolute Gasteiger partial charge is 0.370 e. The molecule has 1 aromatic carbocycles. The minimum atomic E-state index is -0.191. The van der Waals surface area contributed by atoms with Crippen molar-refractivity contribution < 1.29 is 4.79 Å². The standard InChI is InChI=1S/C21H30N4O/c1-2-23-21(25-9-5-6-14(13-25)10-19(22)26)24-12-18-17-11-15-7-3-4-8-16(15)20(17)18/h3-4,7-8,14,17-18,20H,2,5-6,9-13H2,1H3,(H2,22,26)(H,23,24). The zero-order chi connectivity index (χ0) is 18.1. The minimum absolute atomic E-state index is 0.191. The van der Waals surface area contributed by atoms with Gasteiger partial charge < -0.3 is 16.0 Å². The van der Waals surface area contributed by atoms with Crippen molar-refractivity contribution in [3.05, 3.63) is 35.4 Å². The van der Waals surface area contributed by atoms with Crippen molar-refractivity contribution >= 4 is 11.9 Å². The normalized spacial score (nSPS) is 29.9. The summed E-state index contributed by atoms with van der Waals surface area (Å²) >= 11 is 0. The first-order valence-corrected chi connectivity index (χ1v) is 10.1. The quantitative estimate of drug-likeness (QED) is 0.628. The van der Waals surface area contributed by atoms with Gasteiger partial charge >= 0.3 is 0 Å². The number of nitrogens with one attached hydrogen (secondary N) is 1. The molecule has 3 aliphatic rings. The number of nitrogens with zero attached hydrogens (tertiary/aromatic N) is 2. The lowest BCUT2D eigenvalue weighted by atomic mass is 9.95. The van der Waals surface area contributed by atoms with Gasteiger partial charge in [-0.2, -0.15) is 0 Å². The number of benzene rings is 1. The molecule has 1 aliphatic heterocycles. The molecule has 5 heteroatoms. The Labute approximate surface area is 156 Å². The maximum atomic E-state index is 11.3. The third-order valence-electron chi connectivity index (χ3n) is 6.30. The predicted molar refractivity (Wildman–Crippen MR) is 104 cm³/mol. The highest BCUT2D eigenvalue weighted by molar-refractivity contribution is 5.80. The summed E-state index contributed by atoms with van der Waals surface area (Å²) in [7, 11) is 0. The molecule has 0 spiro atoms. The fraction of sp³-hybridized carbons (Fsp3) is 0.619. The number of piperidine rings is 1. The molecule has 3 N–H and O–H groups in total. The highest BCUT2D eigenvalue weighted by atomic mass is 16.1. The molecule has 4 rings (SSSR count). The number of guanidine groups is 1. The Hall–Kier alpha value is -2.04. The fourth-order valence-electron chi connectivity index (χ4n) is 5.06. The van der Waals surface area contributed by atoms with Crippen molar-refractivity contribution in [1.29, 1.82) is 0 Å². The van der Waals surface area contributed by atoms with Crippen LogP contribution < -0.4 is 11.1 Å². The van der Waals surface area contributed by atoms with Crippen LogP contribution in [0.15, 0.2) is 29.3 Å². The summed E-state index contributed by atoms with van der Waals surface area (Å²) < 4.78 is 0. The van der Waals surface area contributed by atoms with Crippen LogP contribution in [0.4, 0.5) is 0 Å². The Kier molecular flexibility index (Phi) is 4.88. The molecule has 4 atom stereocenters. The van der Waals surface area contributed by atoms with Gasteiger partial charge in [0.15, 0.2) is 5.96 Å². The van der Waals surface area contributed by atoms with E-state index in [-0.39, 0.29) is 5.91 Å². The predicted octanol–water partition coefficient (Wildman–Crippen LogP) is 2.13. The molecule has 1 heterocycles. The Morgan fingerprint density at radius 2 is 2.23 bits per heavy atom. The smallest absolute Gasteiger partial charge is 0.217 e. The number of carbonyl (C=O) groups is 1. The zero-order valence-electron chi connectivity index (χ0n) is 15.7. The molecule has 5 nitrogen and oxygen atoms in total. The van der Waals surface area contributed by atoms with Crippen LogP contribution in [-0.4, -0.2) is 42.9 Å². The monoisotopic (exact) mass is 354 g/mol. The molecule has 2 fully saturated rings. The second-order valence-electron chi connectivity index (χ2n) is 8.08. The third-order valence-corrected chi connectivity index (χ3v) is 6.30. The van der Waals surface area contributed by atoms with Gasteiger partial charge in [0.2, 0.25) is 5.91 Å². The summed E-state index contributed by atoms with van der Waals surface area (Å²) in [6.45, 7) is 5.79. The van der Waals surface area contributed by atoms with E-state index in [2.05, 4.69) is 41.4 Å². The van der Waals surface area contributed by atoms with Gasteiger partial charge in [-0.25, -0.2) is 0 Å². The number of hydrogen-bond acceptors (Lipinski definition) is 2. The summed E-state index contributed by atoms with van der Waals surface area (Å²) in [5.41, 5.74) is 8.50. The lowest BCUT2D eigenvalue weighted by Gasteiger charge is -2.34. The van der Waals surface area contributed by atoms with Crippen molar-refractivity contribution in [1.82, 2.24) is 10.2 Å². The van der Waals surface area contributed by atoms with Gasteiger partial charge in [-0.1, -0.05) is 24.3 Å². The van der Waals surface area contributed by atoms with E-state index in [0.29, 0.717) is 18.3 Å². The van der Waals surface area contributed by atoms with Gasteiger partial charge in [0, 0.05) is 32.6 Å². The maximum absolute atomic E-state index is 11.3. The number of hydrogen-bond donors (Lipinski definition) is 2. The van der Waals surface area contributed by atoms with E-state index in [9.17, 15) is 4.79 Å². The number of likely N-dealkylation sites (tertiary alicyclic amines) is 1. The van der Waals surface area contributed by atoms with Crippen LogP contribution in [0.1, 0.15) is 43.2 Å².